The minimum Gasteiger partial charge on any atom is -0.361 e. The van der Waals surface area contributed by atoms with E-state index in [2.05, 4.69) is 4.98 Å². The number of para-hydroxylation sites is 1. The maximum absolute atomic E-state index is 13.6. The lowest BCUT2D eigenvalue weighted by molar-refractivity contribution is -0.384. The van der Waals surface area contributed by atoms with Gasteiger partial charge in [0, 0.05) is 46.4 Å². The summed E-state index contributed by atoms with van der Waals surface area (Å²) < 4.78 is 0. The molecule has 5 rings (SSSR count). The number of aromatic amines is 1. The maximum Gasteiger partial charge on any atom is 0.269 e. The summed E-state index contributed by atoms with van der Waals surface area (Å²) in [6.45, 7) is 0.163. The number of rotatable bonds is 7. The third-order valence-electron chi connectivity index (χ3n) is 6.47. The smallest absolute Gasteiger partial charge is 0.269 e. The van der Waals surface area contributed by atoms with Crippen molar-refractivity contribution in [2.75, 3.05) is 11.4 Å². The molecule has 3 amide bonds. The standard InChI is InChI=1S/C27H21ClN4O5/c28-19-7-11-20(12-8-19)31-25(33)15-24(27(31)35)30(26(34)17-5-9-21(10-6-17)32(36)37)14-13-18-16-29-23-4-2-1-3-22(18)23/h1-12,16,24,29H,13-15H2. The molecule has 0 saturated carbocycles. The van der Waals surface area contributed by atoms with Crippen LogP contribution in [0, 0.1) is 10.1 Å². The second-order valence-electron chi connectivity index (χ2n) is 8.68. The summed E-state index contributed by atoms with van der Waals surface area (Å²) in [7, 11) is 0. The molecule has 1 aromatic heterocycles. The summed E-state index contributed by atoms with van der Waals surface area (Å²) in [6, 6.07) is 18.3. The fourth-order valence-electron chi connectivity index (χ4n) is 4.59. The predicted octanol–water partition coefficient (Wildman–Crippen LogP) is 4.75. The predicted molar refractivity (Wildman–Crippen MR) is 138 cm³/mol. The topological polar surface area (TPSA) is 117 Å². The molecule has 9 nitrogen and oxygen atoms in total. The maximum atomic E-state index is 13.6. The molecule has 1 atom stereocenters. The number of nitro benzene ring substituents is 1. The lowest BCUT2D eigenvalue weighted by atomic mass is 10.1. The Morgan fingerprint density at radius 3 is 2.46 bits per heavy atom. The highest BCUT2D eigenvalue weighted by Crippen LogP contribution is 2.29. The molecule has 0 radical (unpaired) electrons. The Kier molecular flexibility index (Phi) is 6.45. The normalized spacial score (nSPS) is 15.4. The average molecular weight is 517 g/mol. The third kappa shape index (κ3) is 4.68. The Morgan fingerprint density at radius 1 is 1.05 bits per heavy atom. The van der Waals surface area contributed by atoms with Crippen molar-refractivity contribution >= 4 is 51.6 Å². The molecule has 0 bridgehead atoms. The van der Waals surface area contributed by atoms with Gasteiger partial charge in [-0.05, 0) is 54.4 Å². The number of amides is 3. The highest BCUT2D eigenvalue weighted by Gasteiger charge is 2.44. The molecule has 3 aromatic carbocycles. The minimum absolute atomic E-state index is 0.150. The van der Waals surface area contributed by atoms with E-state index in [9.17, 15) is 24.5 Å². The van der Waals surface area contributed by atoms with E-state index in [1.807, 2.05) is 30.5 Å². The summed E-state index contributed by atoms with van der Waals surface area (Å²) in [5, 5.41) is 12.5. The summed E-state index contributed by atoms with van der Waals surface area (Å²) in [5.41, 5.74) is 2.33. The first-order valence-electron chi connectivity index (χ1n) is 11.6. The van der Waals surface area contributed by atoms with E-state index >= 15 is 0 Å². The second kappa shape index (κ2) is 9.87. The first-order valence-corrected chi connectivity index (χ1v) is 11.9. The lowest BCUT2D eigenvalue weighted by Gasteiger charge is -2.28. The van der Waals surface area contributed by atoms with Crippen molar-refractivity contribution in [3.63, 3.8) is 0 Å². The Hall–Kier alpha value is -4.50. The van der Waals surface area contributed by atoms with Crippen LogP contribution in [0.25, 0.3) is 10.9 Å². The lowest BCUT2D eigenvalue weighted by Crippen LogP contribution is -2.46. The van der Waals surface area contributed by atoms with Gasteiger partial charge in [0.25, 0.3) is 17.5 Å². The van der Waals surface area contributed by atoms with E-state index in [4.69, 9.17) is 11.6 Å². The van der Waals surface area contributed by atoms with E-state index in [1.54, 1.807) is 24.3 Å². The third-order valence-corrected chi connectivity index (χ3v) is 6.72. The number of imide groups is 1. The molecule has 1 aliphatic rings. The zero-order valence-corrected chi connectivity index (χ0v) is 20.2. The molecule has 1 unspecified atom stereocenters. The number of benzene rings is 3. The van der Waals surface area contributed by atoms with Crippen molar-refractivity contribution < 1.29 is 19.3 Å². The highest BCUT2D eigenvalue weighted by atomic mass is 35.5. The molecule has 10 heteroatoms. The van der Waals surface area contributed by atoms with Crippen LogP contribution in [-0.2, 0) is 16.0 Å². The number of non-ortho nitro benzene ring substituents is 1. The van der Waals surface area contributed by atoms with Gasteiger partial charge >= 0.3 is 0 Å². The first-order chi connectivity index (χ1) is 17.8. The molecule has 1 saturated heterocycles. The number of nitrogens with one attached hydrogen (secondary N) is 1. The van der Waals surface area contributed by atoms with Gasteiger partial charge in [-0.2, -0.15) is 0 Å². The van der Waals surface area contributed by atoms with Crippen molar-refractivity contribution in [2.45, 2.75) is 18.9 Å². The number of anilines is 1. The Labute approximate surface area is 216 Å². The Morgan fingerprint density at radius 2 is 1.76 bits per heavy atom. The van der Waals surface area contributed by atoms with Gasteiger partial charge in [-0.3, -0.25) is 24.5 Å². The molecule has 1 N–H and O–H groups in total. The van der Waals surface area contributed by atoms with Crippen molar-refractivity contribution in [1.82, 2.24) is 9.88 Å². The van der Waals surface area contributed by atoms with E-state index in [1.165, 1.54) is 29.2 Å². The van der Waals surface area contributed by atoms with Gasteiger partial charge in [-0.15, -0.1) is 0 Å². The monoisotopic (exact) mass is 516 g/mol. The second-order valence-corrected chi connectivity index (χ2v) is 9.11. The highest BCUT2D eigenvalue weighted by molar-refractivity contribution is 6.31. The van der Waals surface area contributed by atoms with Crippen molar-refractivity contribution in [3.8, 4) is 0 Å². The van der Waals surface area contributed by atoms with Crippen LogP contribution in [0.3, 0.4) is 0 Å². The Balaban J connectivity index is 1.46. The van der Waals surface area contributed by atoms with Crippen molar-refractivity contribution in [1.29, 1.82) is 0 Å². The molecule has 37 heavy (non-hydrogen) atoms. The number of nitrogens with zero attached hydrogens (tertiary/aromatic N) is 3. The van der Waals surface area contributed by atoms with Gasteiger partial charge in [0.05, 0.1) is 17.0 Å². The van der Waals surface area contributed by atoms with E-state index < -0.39 is 28.7 Å². The SMILES string of the molecule is O=C1CC(N(CCc2c[nH]c3ccccc23)C(=O)c2ccc([N+](=O)[O-])cc2)C(=O)N1c1ccc(Cl)cc1. The number of H-pyrrole nitrogens is 1. The first kappa shape index (κ1) is 24.2. The molecule has 2 heterocycles. The fourth-order valence-corrected chi connectivity index (χ4v) is 4.72. The zero-order chi connectivity index (χ0) is 26.1. The van der Waals surface area contributed by atoms with Gasteiger partial charge < -0.3 is 9.88 Å². The number of carbonyl (C=O) groups is 3. The van der Waals surface area contributed by atoms with Crippen LogP contribution in [0.5, 0.6) is 0 Å². The Bertz CT molecular complexity index is 1510. The van der Waals surface area contributed by atoms with E-state index in [0.29, 0.717) is 17.1 Å². The van der Waals surface area contributed by atoms with Crippen LogP contribution in [0.1, 0.15) is 22.3 Å². The van der Waals surface area contributed by atoms with Crippen molar-refractivity contribution in [2.24, 2.45) is 0 Å². The number of hydrogen-bond donors (Lipinski definition) is 1. The van der Waals surface area contributed by atoms with Crippen LogP contribution in [-0.4, -0.2) is 45.1 Å². The molecular formula is C27H21ClN4O5. The molecule has 1 aliphatic heterocycles. The summed E-state index contributed by atoms with van der Waals surface area (Å²) in [6.07, 6.45) is 2.12. The number of carbonyl (C=O) groups excluding carboxylic acids is 3. The van der Waals surface area contributed by atoms with Crippen LogP contribution in [0.4, 0.5) is 11.4 Å². The largest absolute Gasteiger partial charge is 0.361 e. The van der Waals surface area contributed by atoms with Gasteiger partial charge in [-0.25, -0.2) is 4.90 Å². The molecule has 0 aliphatic carbocycles. The van der Waals surface area contributed by atoms with Crippen molar-refractivity contribution in [3.05, 3.63) is 105 Å². The van der Waals surface area contributed by atoms with Crippen LogP contribution in [0.2, 0.25) is 5.02 Å². The molecule has 186 valence electrons. The molecule has 0 spiro atoms. The summed E-state index contributed by atoms with van der Waals surface area (Å²) in [4.78, 5) is 56.2. The van der Waals surface area contributed by atoms with E-state index in [0.717, 1.165) is 21.4 Å². The van der Waals surface area contributed by atoms with Gasteiger partial charge in [0.1, 0.15) is 6.04 Å². The van der Waals surface area contributed by atoms with Crippen LogP contribution < -0.4 is 4.90 Å². The number of halogens is 1. The van der Waals surface area contributed by atoms with Gasteiger partial charge in [0.2, 0.25) is 5.91 Å². The van der Waals surface area contributed by atoms with E-state index in [-0.39, 0.29) is 24.2 Å². The fraction of sp³-hybridized carbons (Fsp3) is 0.148. The quantitative estimate of drug-likeness (QED) is 0.216. The van der Waals surface area contributed by atoms with Crippen LogP contribution >= 0.6 is 11.6 Å². The number of hydrogen-bond acceptors (Lipinski definition) is 5. The summed E-state index contributed by atoms with van der Waals surface area (Å²) in [5.74, 6) is -1.42. The number of fused-ring (bicyclic) bond motifs is 1. The average Bonchev–Trinajstić information content (AvgIpc) is 3.45. The van der Waals surface area contributed by atoms with Gasteiger partial charge in [-0.1, -0.05) is 29.8 Å². The number of aromatic nitrogens is 1. The molecular weight excluding hydrogens is 496 g/mol. The minimum atomic E-state index is -1.02. The zero-order valence-electron chi connectivity index (χ0n) is 19.5. The van der Waals surface area contributed by atoms with Gasteiger partial charge in [0.15, 0.2) is 0 Å². The van der Waals surface area contributed by atoms with Crippen LogP contribution in [0.15, 0.2) is 79.0 Å². The number of nitro groups is 1. The molecule has 4 aromatic rings. The molecule has 1 fully saturated rings. The summed E-state index contributed by atoms with van der Waals surface area (Å²) >= 11 is 5.96.